The van der Waals surface area contributed by atoms with Crippen molar-refractivity contribution in [1.82, 2.24) is 0 Å². The predicted octanol–water partition coefficient (Wildman–Crippen LogP) is 2.92. The van der Waals surface area contributed by atoms with E-state index >= 15 is 0 Å². The Morgan fingerprint density at radius 1 is 1.29 bits per heavy atom. The summed E-state index contributed by atoms with van der Waals surface area (Å²) < 4.78 is 10.9. The van der Waals surface area contributed by atoms with E-state index in [9.17, 15) is 14.9 Å². The molecule has 0 spiro atoms. The van der Waals surface area contributed by atoms with Gasteiger partial charge in [-0.05, 0) is 38.2 Å². The lowest BCUT2D eigenvalue weighted by Gasteiger charge is -2.23. The van der Waals surface area contributed by atoms with Crippen molar-refractivity contribution in [3.63, 3.8) is 0 Å². The molecule has 0 aliphatic carbocycles. The van der Waals surface area contributed by atoms with Crippen molar-refractivity contribution in [3.05, 3.63) is 33.9 Å². The lowest BCUT2D eigenvalue weighted by atomic mass is 10.1. The molecule has 1 unspecified atom stereocenters. The first-order valence-electron chi connectivity index (χ1n) is 8.47. The average Bonchev–Trinajstić information content (AvgIpc) is 3.14. The average molecular weight is 334 g/mol. The van der Waals surface area contributed by atoms with Gasteiger partial charge in [-0.2, -0.15) is 0 Å². The van der Waals surface area contributed by atoms with Crippen molar-refractivity contribution < 1.29 is 19.2 Å². The highest BCUT2D eigenvalue weighted by atomic mass is 16.6. The molecule has 2 heterocycles. The number of nitro groups is 1. The van der Waals surface area contributed by atoms with Crippen LogP contribution in [0.4, 0.5) is 11.4 Å². The molecule has 7 nitrogen and oxygen atoms in total. The zero-order chi connectivity index (χ0) is 16.9. The van der Waals surface area contributed by atoms with Crippen molar-refractivity contribution in [2.24, 2.45) is 0 Å². The first-order chi connectivity index (χ1) is 11.6. The van der Waals surface area contributed by atoms with Gasteiger partial charge in [-0.1, -0.05) is 0 Å². The molecule has 3 rings (SSSR count). The van der Waals surface area contributed by atoms with Gasteiger partial charge in [0.25, 0.3) is 5.69 Å². The number of ether oxygens (including phenoxy) is 2. The Morgan fingerprint density at radius 3 is 2.75 bits per heavy atom. The van der Waals surface area contributed by atoms with Crippen molar-refractivity contribution in [3.8, 4) is 0 Å². The summed E-state index contributed by atoms with van der Waals surface area (Å²) in [5, 5.41) is 11.0. The SMILES string of the molecule is O=C(OCC1CCCCO1)c1cc([N+](=O)[O-])ccc1N1CCCC1. The first-order valence-corrected chi connectivity index (χ1v) is 8.47. The maximum Gasteiger partial charge on any atom is 0.340 e. The maximum atomic E-state index is 12.5. The molecule has 0 radical (unpaired) electrons. The van der Waals surface area contributed by atoms with Gasteiger partial charge >= 0.3 is 5.97 Å². The fraction of sp³-hybridized carbons (Fsp3) is 0.588. The number of anilines is 1. The third-order valence-electron chi connectivity index (χ3n) is 4.53. The van der Waals surface area contributed by atoms with Crippen LogP contribution in [-0.2, 0) is 9.47 Å². The number of benzene rings is 1. The number of carbonyl (C=O) groups excluding carboxylic acids is 1. The molecule has 7 heteroatoms. The van der Waals surface area contributed by atoms with E-state index in [0.717, 1.165) is 45.2 Å². The molecule has 0 aromatic heterocycles. The number of rotatable bonds is 5. The number of non-ortho nitro benzene ring substituents is 1. The Hall–Kier alpha value is -2.15. The number of esters is 1. The lowest BCUT2D eigenvalue weighted by Crippen LogP contribution is -2.27. The Bertz CT molecular complexity index is 607. The zero-order valence-electron chi connectivity index (χ0n) is 13.6. The van der Waals surface area contributed by atoms with Crippen LogP contribution < -0.4 is 4.90 Å². The highest BCUT2D eigenvalue weighted by Gasteiger charge is 2.24. The predicted molar refractivity (Wildman–Crippen MR) is 88.4 cm³/mol. The molecule has 24 heavy (non-hydrogen) atoms. The number of hydrogen-bond donors (Lipinski definition) is 0. The van der Waals surface area contributed by atoms with E-state index in [0.29, 0.717) is 12.3 Å². The Morgan fingerprint density at radius 2 is 2.08 bits per heavy atom. The second kappa shape index (κ2) is 7.61. The summed E-state index contributed by atoms with van der Waals surface area (Å²) in [5.74, 6) is -0.519. The molecule has 130 valence electrons. The summed E-state index contributed by atoms with van der Waals surface area (Å²) in [6.07, 6.45) is 5.02. The van der Waals surface area contributed by atoms with Crippen molar-refractivity contribution in [2.45, 2.75) is 38.2 Å². The molecule has 2 saturated heterocycles. The summed E-state index contributed by atoms with van der Waals surface area (Å²) in [7, 11) is 0. The number of nitro benzene ring substituents is 1. The quantitative estimate of drug-likeness (QED) is 0.468. The normalized spacial score (nSPS) is 20.8. The molecule has 1 aromatic rings. The van der Waals surface area contributed by atoms with E-state index < -0.39 is 10.9 Å². The van der Waals surface area contributed by atoms with Crippen molar-refractivity contribution >= 4 is 17.3 Å². The second-order valence-electron chi connectivity index (χ2n) is 6.24. The van der Waals surface area contributed by atoms with E-state index in [4.69, 9.17) is 9.47 Å². The summed E-state index contributed by atoms with van der Waals surface area (Å²) >= 11 is 0. The first kappa shape index (κ1) is 16.7. The number of nitrogens with zero attached hydrogens (tertiary/aromatic N) is 2. The van der Waals surface area contributed by atoms with Gasteiger partial charge in [0.15, 0.2) is 0 Å². The third kappa shape index (κ3) is 3.84. The van der Waals surface area contributed by atoms with Crippen LogP contribution in [0, 0.1) is 10.1 Å². The molecule has 0 saturated carbocycles. The fourth-order valence-electron chi connectivity index (χ4n) is 3.22. The monoisotopic (exact) mass is 334 g/mol. The largest absolute Gasteiger partial charge is 0.459 e. The number of carbonyl (C=O) groups is 1. The molecular weight excluding hydrogens is 312 g/mol. The summed E-state index contributed by atoms with van der Waals surface area (Å²) in [4.78, 5) is 25.1. The zero-order valence-corrected chi connectivity index (χ0v) is 13.6. The van der Waals surface area contributed by atoms with E-state index in [1.165, 1.54) is 12.1 Å². The van der Waals surface area contributed by atoms with Crippen LogP contribution in [0.15, 0.2) is 18.2 Å². The minimum Gasteiger partial charge on any atom is -0.459 e. The van der Waals surface area contributed by atoms with Gasteiger partial charge < -0.3 is 14.4 Å². The smallest absolute Gasteiger partial charge is 0.340 e. The molecule has 1 atom stereocenters. The lowest BCUT2D eigenvalue weighted by molar-refractivity contribution is -0.384. The van der Waals surface area contributed by atoms with Crippen LogP contribution >= 0.6 is 0 Å². The van der Waals surface area contributed by atoms with Crippen LogP contribution in [0.5, 0.6) is 0 Å². The molecule has 0 N–H and O–H groups in total. The minimum atomic E-state index is -0.519. The van der Waals surface area contributed by atoms with Crippen LogP contribution in [0.2, 0.25) is 0 Å². The molecule has 0 bridgehead atoms. The molecule has 2 aliphatic heterocycles. The van der Waals surface area contributed by atoms with Gasteiger partial charge in [-0.3, -0.25) is 10.1 Å². The van der Waals surface area contributed by atoms with E-state index in [-0.39, 0.29) is 24.0 Å². The molecule has 2 aliphatic rings. The Labute approximate surface area is 140 Å². The van der Waals surface area contributed by atoms with Gasteiger partial charge in [-0.25, -0.2) is 4.79 Å². The van der Waals surface area contributed by atoms with E-state index in [2.05, 4.69) is 4.90 Å². The maximum absolute atomic E-state index is 12.5. The van der Waals surface area contributed by atoms with E-state index in [1.807, 2.05) is 0 Å². The van der Waals surface area contributed by atoms with Crippen molar-refractivity contribution in [2.75, 3.05) is 31.2 Å². The highest BCUT2D eigenvalue weighted by Crippen LogP contribution is 2.29. The second-order valence-corrected chi connectivity index (χ2v) is 6.24. The minimum absolute atomic E-state index is 0.0726. The van der Waals surface area contributed by atoms with Gasteiger partial charge in [0.1, 0.15) is 6.61 Å². The van der Waals surface area contributed by atoms with Gasteiger partial charge in [-0.15, -0.1) is 0 Å². The molecule has 1 aromatic carbocycles. The highest BCUT2D eigenvalue weighted by molar-refractivity contribution is 5.96. The third-order valence-corrected chi connectivity index (χ3v) is 4.53. The van der Waals surface area contributed by atoms with Crippen LogP contribution in [0.1, 0.15) is 42.5 Å². The molecular formula is C17H22N2O5. The van der Waals surface area contributed by atoms with E-state index in [1.54, 1.807) is 6.07 Å². The molecule has 0 amide bonds. The van der Waals surface area contributed by atoms with Crippen LogP contribution in [-0.4, -0.2) is 43.3 Å². The number of hydrogen-bond acceptors (Lipinski definition) is 6. The fourth-order valence-corrected chi connectivity index (χ4v) is 3.22. The summed E-state index contributed by atoms with van der Waals surface area (Å²) in [6, 6.07) is 4.41. The van der Waals surface area contributed by atoms with Gasteiger partial charge in [0.05, 0.1) is 22.3 Å². The van der Waals surface area contributed by atoms with Gasteiger partial charge in [0.2, 0.25) is 0 Å². The molecule has 2 fully saturated rings. The topological polar surface area (TPSA) is 81.9 Å². The van der Waals surface area contributed by atoms with Crippen molar-refractivity contribution in [1.29, 1.82) is 0 Å². The summed E-state index contributed by atoms with van der Waals surface area (Å²) in [6.45, 7) is 2.59. The van der Waals surface area contributed by atoms with Crippen LogP contribution in [0.3, 0.4) is 0 Å². The van der Waals surface area contributed by atoms with Gasteiger partial charge in [0, 0.05) is 31.8 Å². The standard InChI is InChI=1S/C17H22N2O5/c20-17(24-12-14-5-1-4-10-23-14)15-11-13(19(21)22)6-7-16(15)18-8-2-3-9-18/h6-7,11,14H,1-5,8-10,12H2. The summed E-state index contributed by atoms with van der Waals surface area (Å²) in [5.41, 5.74) is 0.883. The van der Waals surface area contributed by atoms with Crippen LogP contribution in [0.25, 0.3) is 0 Å². The Kier molecular flexibility index (Phi) is 5.30. The Balaban J connectivity index is 1.76.